The second-order valence-electron chi connectivity index (χ2n) is 4.85. The maximum absolute atomic E-state index is 12.5. The second kappa shape index (κ2) is 9.77. The molecule has 0 aliphatic rings. The van der Waals surface area contributed by atoms with Crippen LogP contribution in [0.5, 0.6) is 11.5 Å². The van der Waals surface area contributed by atoms with Crippen molar-refractivity contribution >= 4 is 29.0 Å². The van der Waals surface area contributed by atoms with Crippen LogP contribution in [0.25, 0.3) is 4.98 Å². The number of methoxy groups -OCH3 is 2. The maximum Gasteiger partial charge on any atom is 0.430 e. The average Bonchev–Trinajstić information content (AvgIpc) is 2.65. The Bertz CT molecular complexity index is 766. The minimum Gasteiger partial charge on any atom is -1.00 e. The zero-order valence-corrected chi connectivity index (χ0v) is 15.7. The number of amides is 1. The van der Waals surface area contributed by atoms with E-state index in [9.17, 15) is 4.79 Å². The van der Waals surface area contributed by atoms with Crippen molar-refractivity contribution in [3.05, 3.63) is 47.4 Å². The van der Waals surface area contributed by atoms with Crippen LogP contribution < -0.4 is 26.8 Å². The molecule has 0 fully saturated rings. The highest BCUT2D eigenvalue weighted by Crippen LogP contribution is 2.39. The molecule has 0 unspecified atom stereocenters. The Hall–Kier alpha value is -2.43. The van der Waals surface area contributed by atoms with E-state index in [1.807, 2.05) is 30.3 Å². The van der Waals surface area contributed by atoms with E-state index < -0.39 is 0 Å². The van der Waals surface area contributed by atoms with Crippen LogP contribution in [0.15, 0.2) is 47.4 Å². The minimum atomic E-state index is -0.0853. The first kappa shape index (κ1) is 20.6. The number of rotatable bonds is 6. The molecule has 0 saturated carbocycles. The summed E-state index contributed by atoms with van der Waals surface area (Å²) in [6.07, 6.45) is 0. The molecule has 0 heterocycles. The Kier molecular flexibility index (Phi) is 8.05. The summed E-state index contributed by atoms with van der Waals surface area (Å²) in [6.45, 7) is 0. The van der Waals surface area contributed by atoms with Crippen LogP contribution >= 0.6 is 11.8 Å². The molecule has 6 nitrogen and oxygen atoms in total. The summed E-state index contributed by atoms with van der Waals surface area (Å²) in [5.74, 6) is 0.976. The van der Waals surface area contributed by atoms with E-state index in [1.165, 1.54) is 36.9 Å². The molecule has 2 aromatic rings. The average molecular weight is 380 g/mol. The Balaban J connectivity index is 0.00000312. The Morgan fingerprint density at radius 2 is 1.80 bits per heavy atom. The van der Waals surface area contributed by atoms with Crippen LogP contribution in [-0.2, 0) is 4.79 Å². The molecule has 0 spiro atoms. The number of ether oxygens (including phenoxy) is 2. The van der Waals surface area contributed by atoms with Crippen molar-refractivity contribution in [2.24, 2.45) is 0 Å². The topological polar surface area (TPSA) is 66.9 Å². The molecule has 0 atom stereocenters. The van der Waals surface area contributed by atoms with Crippen molar-refractivity contribution in [1.82, 2.24) is 0 Å². The van der Waals surface area contributed by atoms with E-state index in [2.05, 4.69) is 4.98 Å². The molecule has 1 amide bonds. The molecule has 0 bridgehead atoms. The van der Waals surface area contributed by atoms with Gasteiger partial charge in [0.1, 0.15) is 0 Å². The number of carbonyl (C=O) groups is 1. The van der Waals surface area contributed by atoms with Gasteiger partial charge in [0.2, 0.25) is 17.0 Å². The van der Waals surface area contributed by atoms with Crippen molar-refractivity contribution in [2.45, 2.75) is 4.90 Å². The molecular weight excluding hydrogens is 362 g/mol. The van der Waals surface area contributed by atoms with Gasteiger partial charge in [0, 0.05) is 18.0 Å². The lowest BCUT2D eigenvalue weighted by Gasteiger charge is -2.20. The molecular formula is C17H18ClN3O3S. The van der Waals surface area contributed by atoms with Gasteiger partial charge in [0.15, 0.2) is 10.7 Å². The van der Waals surface area contributed by atoms with Gasteiger partial charge in [-0.15, -0.1) is 11.8 Å². The second-order valence-corrected chi connectivity index (χ2v) is 5.90. The summed E-state index contributed by atoms with van der Waals surface area (Å²) in [5, 5.41) is 9.02. The monoisotopic (exact) mass is 379 g/mol. The molecule has 2 aromatic carbocycles. The summed E-state index contributed by atoms with van der Waals surface area (Å²) in [4.78, 5) is 18.2. The summed E-state index contributed by atoms with van der Waals surface area (Å²) in [6, 6.07) is 12.8. The third-order valence-electron chi connectivity index (χ3n) is 3.43. The fourth-order valence-electron chi connectivity index (χ4n) is 2.10. The van der Waals surface area contributed by atoms with E-state index in [4.69, 9.17) is 14.9 Å². The van der Waals surface area contributed by atoms with E-state index in [0.717, 1.165) is 4.90 Å². The predicted octanol–water partition coefficient (Wildman–Crippen LogP) is 0.947. The number of anilines is 1. The van der Waals surface area contributed by atoms with Gasteiger partial charge < -0.3 is 26.8 Å². The summed E-state index contributed by atoms with van der Waals surface area (Å²) in [7, 11) is 4.62. The van der Waals surface area contributed by atoms with Gasteiger partial charge in [0.05, 0.1) is 31.7 Å². The van der Waals surface area contributed by atoms with Gasteiger partial charge in [-0.1, -0.05) is 18.2 Å². The molecule has 2 rings (SSSR count). The maximum atomic E-state index is 12.5. The largest absolute Gasteiger partial charge is 1.00 e. The van der Waals surface area contributed by atoms with E-state index in [1.54, 1.807) is 13.1 Å². The summed E-state index contributed by atoms with van der Waals surface area (Å²) < 4.78 is 10.5. The number of hydrogen-bond acceptors (Lipinski definition) is 5. The molecule has 0 aliphatic heterocycles. The van der Waals surface area contributed by atoms with Gasteiger partial charge in [-0.2, -0.15) is 0 Å². The van der Waals surface area contributed by atoms with Crippen molar-refractivity contribution in [3.63, 3.8) is 0 Å². The Morgan fingerprint density at radius 1 is 1.16 bits per heavy atom. The number of carbonyl (C=O) groups excluding carboxylic acids is 1. The highest BCUT2D eigenvalue weighted by atomic mass is 35.5. The Labute approximate surface area is 157 Å². The van der Waals surface area contributed by atoms with Crippen LogP contribution in [-0.4, -0.2) is 32.9 Å². The minimum absolute atomic E-state index is 0. The van der Waals surface area contributed by atoms with Crippen molar-refractivity contribution in [2.75, 3.05) is 31.9 Å². The lowest BCUT2D eigenvalue weighted by molar-refractivity contribution is -0.115. The third-order valence-corrected chi connectivity index (χ3v) is 4.43. The zero-order chi connectivity index (χ0) is 17.5. The summed E-state index contributed by atoms with van der Waals surface area (Å²) in [5.41, 5.74) is 0.776. The first-order chi connectivity index (χ1) is 11.6. The van der Waals surface area contributed by atoms with Gasteiger partial charge >= 0.3 is 5.69 Å². The predicted molar refractivity (Wildman–Crippen MR) is 94.9 cm³/mol. The summed E-state index contributed by atoms with van der Waals surface area (Å²) >= 11 is 1.46. The first-order valence-corrected chi connectivity index (χ1v) is 8.14. The van der Waals surface area contributed by atoms with Crippen molar-refractivity contribution in [1.29, 1.82) is 5.39 Å². The highest BCUT2D eigenvalue weighted by Gasteiger charge is 2.24. The SMILES string of the molecule is COc1cc(N(C)C(=O)CSc2ccccc2)c(OC)cc1[N+]#N.[Cl-]. The molecule has 0 saturated heterocycles. The molecule has 8 heteroatoms. The normalized spacial score (nSPS) is 9.52. The molecule has 0 aromatic heterocycles. The smallest absolute Gasteiger partial charge is 0.430 e. The molecule has 132 valence electrons. The van der Waals surface area contributed by atoms with Crippen LogP contribution in [0.4, 0.5) is 11.4 Å². The van der Waals surface area contributed by atoms with Crippen LogP contribution in [0.1, 0.15) is 0 Å². The number of nitrogens with zero attached hydrogens (tertiary/aromatic N) is 3. The van der Waals surface area contributed by atoms with E-state index >= 15 is 0 Å². The van der Waals surface area contributed by atoms with Crippen molar-refractivity contribution < 1.29 is 26.7 Å². The quantitative estimate of drug-likeness (QED) is 0.552. The number of benzene rings is 2. The number of halogens is 1. The highest BCUT2D eigenvalue weighted by molar-refractivity contribution is 8.00. The van der Waals surface area contributed by atoms with Crippen LogP contribution in [0, 0.1) is 5.39 Å². The van der Waals surface area contributed by atoms with Gasteiger partial charge in [-0.25, -0.2) is 0 Å². The number of diazo groups is 1. The number of thioether (sulfide) groups is 1. The molecule has 0 N–H and O–H groups in total. The fourth-order valence-corrected chi connectivity index (χ4v) is 2.93. The van der Waals surface area contributed by atoms with Crippen molar-refractivity contribution in [3.8, 4) is 11.5 Å². The molecule has 0 aliphatic carbocycles. The van der Waals surface area contributed by atoms with E-state index in [0.29, 0.717) is 17.2 Å². The van der Waals surface area contributed by atoms with Gasteiger partial charge in [0.25, 0.3) is 0 Å². The first-order valence-electron chi connectivity index (χ1n) is 7.16. The lowest BCUT2D eigenvalue weighted by Crippen LogP contribution is -3.00. The molecule has 25 heavy (non-hydrogen) atoms. The molecule has 0 radical (unpaired) electrons. The number of hydrogen-bond donors (Lipinski definition) is 0. The standard InChI is InChI=1S/C17H18N3O3S.ClH/c1-20(17(21)11-24-12-7-5-4-6-8-12)14-10-15(22-2)13(19-18)9-16(14)23-3;/h4-10H,11H2,1-3H3;1H/q+1;/p-1. The van der Waals surface area contributed by atoms with E-state index in [-0.39, 0.29) is 29.8 Å². The van der Waals surface area contributed by atoms with Crippen LogP contribution in [0.3, 0.4) is 0 Å². The third kappa shape index (κ3) is 5.02. The zero-order valence-electron chi connectivity index (χ0n) is 14.1. The Morgan fingerprint density at radius 3 is 2.36 bits per heavy atom. The van der Waals surface area contributed by atoms with Crippen LogP contribution in [0.2, 0.25) is 0 Å². The fraction of sp³-hybridized carbons (Fsp3) is 0.235. The van der Waals surface area contributed by atoms with Gasteiger partial charge in [-0.3, -0.25) is 4.79 Å². The lowest BCUT2D eigenvalue weighted by atomic mass is 10.2. The van der Waals surface area contributed by atoms with Gasteiger partial charge in [-0.05, 0) is 12.1 Å².